The molecule has 0 spiro atoms. The predicted octanol–water partition coefficient (Wildman–Crippen LogP) is 5.53. The molecule has 0 aromatic heterocycles. The maximum atomic E-state index is 3.29. The maximum absolute atomic E-state index is 3.29. The van der Waals surface area contributed by atoms with Crippen molar-refractivity contribution in [3.05, 3.63) is 59.7 Å². The van der Waals surface area contributed by atoms with Crippen LogP contribution in [0.25, 0.3) is 11.1 Å². The Morgan fingerprint density at radius 2 is 1.14 bits per heavy atom. The summed E-state index contributed by atoms with van der Waals surface area (Å²) in [6.07, 6.45) is 1.63. The monoisotopic (exact) mass is 494 g/mol. The Morgan fingerprint density at radius 1 is 0.714 bits per heavy atom. The van der Waals surface area contributed by atoms with Crippen LogP contribution in [-0.4, -0.2) is 0 Å². The molecule has 0 amide bonds. The van der Waals surface area contributed by atoms with E-state index in [1.165, 1.54) is 22.3 Å². The first-order valence-electron chi connectivity index (χ1n) is 6.70. The molecule has 0 saturated heterocycles. The largest absolute Gasteiger partial charge is 0.0906 e. The molecule has 2 aromatic rings. The average molecular weight is 494 g/mol. The quantitative estimate of drug-likeness (QED) is 0.381. The van der Waals surface area contributed by atoms with Crippen molar-refractivity contribution < 1.29 is 0 Å². The molecule has 1 aliphatic carbocycles. The minimum absolute atomic E-state index is 0.0937. The summed E-state index contributed by atoms with van der Waals surface area (Å²) in [6, 6.07) is 17.4. The Morgan fingerprint density at radius 3 is 1.57 bits per heavy atom. The van der Waals surface area contributed by atoms with E-state index < -0.39 is 0 Å². The second-order valence-electron chi connectivity index (χ2n) is 5.07. The van der Waals surface area contributed by atoms with E-state index in [9.17, 15) is 0 Å². The minimum atomic E-state index is -0.0937. The van der Waals surface area contributed by atoms with Crippen LogP contribution < -0.4 is 0 Å². The van der Waals surface area contributed by atoms with Gasteiger partial charge in [-0.1, -0.05) is 60.4 Å². The van der Waals surface area contributed by atoms with Crippen LogP contribution in [-0.2, 0) is 5.41 Å². The standard InChI is InChI=1S/C19H12I2/c20-13-5-11-19(12-6-14-21)17-9-3-1-7-15(17)16-8-2-4-10-18(16)19/h1-4,7-10H,11-12H2. The Balaban J connectivity index is 2.29. The molecule has 0 radical (unpaired) electrons. The Labute approximate surface area is 153 Å². The molecule has 0 atom stereocenters. The first kappa shape index (κ1) is 14.9. The number of benzene rings is 2. The normalized spacial score (nSPS) is 13.2. The van der Waals surface area contributed by atoms with Crippen molar-refractivity contribution in [3.63, 3.8) is 0 Å². The zero-order valence-corrected chi connectivity index (χ0v) is 15.6. The van der Waals surface area contributed by atoms with Gasteiger partial charge in [0.2, 0.25) is 0 Å². The van der Waals surface area contributed by atoms with Crippen LogP contribution in [0.4, 0.5) is 0 Å². The molecule has 0 N–H and O–H groups in total. The van der Waals surface area contributed by atoms with Crippen molar-refractivity contribution in [2.45, 2.75) is 18.3 Å². The number of fused-ring (bicyclic) bond motifs is 3. The average Bonchev–Trinajstić information content (AvgIpc) is 2.82. The Hall–Kier alpha value is -0.980. The van der Waals surface area contributed by atoms with Crippen LogP contribution >= 0.6 is 45.2 Å². The molecule has 0 heterocycles. The van der Waals surface area contributed by atoms with Crippen molar-refractivity contribution in [2.75, 3.05) is 0 Å². The fraction of sp³-hybridized carbons (Fsp3) is 0.158. The number of rotatable bonds is 2. The van der Waals surface area contributed by atoms with Gasteiger partial charge in [0.15, 0.2) is 0 Å². The van der Waals surface area contributed by atoms with Gasteiger partial charge in [0.05, 0.1) is 0 Å². The van der Waals surface area contributed by atoms with E-state index in [1.54, 1.807) is 0 Å². The third-order valence-corrected chi connectivity index (χ3v) is 4.85. The highest BCUT2D eigenvalue weighted by atomic mass is 127. The lowest BCUT2D eigenvalue weighted by Crippen LogP contribution is -2.24. The summed E-state index contributed by atoms with van der Waals surface area (Å²) in [5.74, 6) is 6.58. The number of halogens is 2. The highest BCUT2D eigenvalue weighted by Crippen LogP contribution is 2.52. The summed E-state index contributed by atoms with van der Waals surface area (Å²) in [5, 5.41) is 0. The molecule has 2 heteroatoms. The molecule has 102 valence electrons. The Kier molecular flexibility index (Phi) is 4.57. The zero-order chi connectivity index (χ0) is 14.7. The highest BCUT2D eigenvalue weighted by Gasteiger charge is 2.41. The van der Waals surface area contributed by atoms with Crippen molar-refractivity contribution in [1.82, 2.24) is 0 Å². The molecule has 0 nitrogen and oxygen atoms in total. The topological polar surface area (TPSA) is 0 Å². The zero-order valence-electron chi connectivity index (χ0n) is 11.3. The molecular formula is C19H12I2. The van der Waals surface area contributed by atoms with Gasteiger partial charge in [0.1, 0.15) is 0 Å². The van der Waals surface area contributed by atoms with Crippen LogP contribution in [0.15, 0.2) is 48.5 Å². The van der Waals surface area contributed by atoms with Gasteiger partial charge in [-0.25, -0.2) is 0 Å². The lowest BCUT2D eigenvalue weighted by molar-refractivity contribution is 0.560. The SMILES string of the molecule is IC#CCC1(CC#CI)c2ccccc2-c2ccccc21. The van der Waals surface area contributed by atoms with Crippen LogP contribution in [0.3, 0.4) is 0 Å². The summed E-state index contributed by atoms with van der Waals surface area (Å²) in [4.78, 5) is 0. The maximum Gasteiger partial charge on any atom is 0.0433 e. The van der Waals surface area contributed by atoms with E-state index in [1.807, 2.05) is 0 Å². The predicted molar refractivity (Wildman–Crippen MR) is 105 cm³/mol. The van der Waals surface area contributed by atoms with Gasteiger partial charge >= 0.3 is 0 Å². The van der Waals surface area contributed by atoms with E-state index in [0.717, 1.165) is 12.8 Å². The molecule has 21 heavy (non-hydrogen) atoms. The van der Waals surface area contributed by atoms with Gasteiger partial charge in [0.25, 0.3) is 0 Å². The van der Waals surface area contributed by atoms with E-state index in [-0.39, 0.29) is 5.41 Å². The molecule has 1 aliphatic rings. The number of hydrogen-bond donors (Lipinski definition) is 0. The molecule has 3 rings (SSSR count). The first-order chi connectivity index (χ1) is 10.3. The fourth-order valence-corrected chi connectivity index (χ4v) is 3.61. The van der Waals surface area contributed by atoms with Gasteiger partial charge in [-0.2, -0.15) is 0 Å². The van der Waals surface area contributed by atoms with Gasteiger partial charge in [-0.15, -0.1) is 0 Å². The van der Waals surface area contributed by atoms with Gasteiger partial charge < -0.3 is 0 Å². The van der Waals surface area contributed by atoms with Gasteiger partial charge in [-0.3, -0.25) is 0 Å². The summed E-state index contributed by atoms with van der Waals surface area (Å²) in [6.45, 7) is 0. The molecule has 2 aromatic carbocycles. The van der Waals surface area contributed by atoms with Crippen LogP contribution in [0.5, 0.6) is 0 Å². The molecule has 0 unspecified atom stereocenters. The molecular weight excluding hydrogens is 482 g/mol. The molecule has 0 bridgehead atoms. The van der Waals surface area contributed by atoms with Crippen LogP contribution in [0.1, 0.15) is 24.0 Å². The van der Waals surface area contributed by atoms with Crippen molar-refractivity contribution in [1.29, 1.82) is 0 Å². The third kappa shape index (κ3) is 2.49. The summed E-state index contributed by atoms with van der Waals surface area (Å²) in [7, 11) is 0. The first-order valence-corrected chi connectivity index (χ1v) is 8.85. The van der Waals surface area contributed by atoms with E-state index >= 15 is 0 Å². The van der Waals surface area contributed by atoms with E-state index in [0.29, 0.717) is 0 Å². The highest BCUT2D eigenvalue weighted by molar-refractivity contribution is 14.1. The van der Waals surface area contributed by atoms with E-state index in [4.69, 9.17) is 0 Å². The third-order valence-electron chi connectivity index (χ3n) is 4.09. The second-order valence-corrected chi connectivity index (χ2v) is 6.15. The van der Waals surface area contributed by atoms with Crippen molar-refractivity contribution in [3.8, 4) is 30.8 Å². The summed E-state index contributed by atoms with van der Waals surface area (Å²) in [5.41, 5.74) is 5.30. The summed E-state index contributed by atoms with van der Waals surface area (Å²) < 4.78 is 6.05. The lowest BCUT2D eigenvalue weighted by atomic mass is 9.73. The Bertz CT molecular complexity index is 728. The number of hydrogen-bond acceptors (Lipinski definition) is 0. The minimum Gasteiger partial charge on any atom is -0.0906 e. The second kappa shape index (κ2) is 6.42. The molecule has 0 aliphatic heterocycles. The van der Waals surface area contributed by atoms with Crippen molar-refractivity contribution >= 4 is 45.2 Å². The smallest absolute Gasteiger partial charge is 0.0433 e. The van der Waals surface area contributed by atoms with Gasteiger partial charge in [-0.05, 0) is 30.1 Å². The van der Waals surface area contributed by atoms with Gasteiger partial charge in [0, 0.05) is 63.4 Å². The molecule has 0 saturated carbocycles. The van der Waals surface area contributed by atoms with Crippen LogP contribution in [0.2, 0.25) is 0 Å². The summed E-state index contributed by atoms with van der Waals surface area (Å²) >= 11 is 4.24. The van der Waals surface area contributed by atoms with Crippen LogP contribution in [0, 0.1) is 19.7 Å². The fourth-order valence-electron chi connectivity index (χ4n) is 3.23. The molecule has 0 fully saturated rings. The van der Waals surface area contributed by atoms with E-state index in [2.05, 4.69) is 113 Å². The lowest BCUT2D eigenvalue weighted by Gasteiger charge is -2.28. The van der Waals surface area contributed by atoms with Crippen molar-refractivity contribution in [2.24, 2.45) is 0 Å².